The molecule has 45 heavy (non-hydrogen) atoms. The number of anilines is 1. The summed E-state index contributed by atoms with van der Waals surface area (Å²) in [5.74, 6) is -0.356. The van der Waals surface area contributed by atoms with Crippen LogP contribution in [0.2, 0.25) is 5.02 Å². The maximum atomic E-state index is 13.3. The van der Waals surface area contributed by atoms with Crippen molar-refractivity contribution in [1.82, 2.24) is 29.9 Å². The van der Waals surface area contributed by atoms with Crippen molar-refractivity contribution >= 4 is 41.5 Å². The second-order valence-electron chi connectivity index (χ2n) is 10.9. The zero-order chi connectivity index (χ0) is 31.7. The summed E-state index contributed by atoms with van der Waals surface area (Å²) < 4.78 is 40.8. The van der Waals surface area contributed by atoms with E-state index in [1.54, 1.807) is 31.1 Å². The number of carbonyl (C=O) groups excluding carboxylic acids is 2. The van der Waals surface area contributed by atoms with Gasteiger partial charge in [0, 0.05) is 58.3 Å². The van der Waals surface area contributed by atoms with Gasteiger partial charge in [0.1, 0.15) is 6.29 Å². The minimum atomic E-state index is -4.68. The van der Waals surface area contributed by atoms with Gasteiger partial charge in [0.25, 0.3) is 0 Å². The van der Waals surface area contributed by atoms with Gasteiger partial charge in [0.2, 0.25) is 5.91 Å². The van der Waals surface area contributed by atoms with E-state index in [0.717, 1.165) is 27.6 Å². The number of aliphatic imine (C=N–C) groups is 1. The molecule has 3 aromatic heterocycles. The Morgan fingerprint density at radius 1 is 1.07 bits per heavy atom. The summed E-state index contributed by atoms with van der Waals surface area (Å²) in [5, 5.41) is 10.2. The summed E-state index contributed by atoms with van der Waals surface area (Å²) in [6.07, 6.45) is 7.12. The molecule has 2 aliphatic rings. The van der Waals surface area contributed by atoms with E-state index in [4.69, 9.17) is 11.6 Å². The van der Waals surface area contributed by atoms with Gasteiger partial charge in [-0.15, -0.1) is 5.10 Å². The molecule has 5 heterocycles. The van der Waals surface area contributed by atoms with E-state index in [9.17, 15) is 22.8 Å². The van der Waals surface area contributed by atoms with Crippen LogP contribution in [0.1, 0.15) is 49.0 Å². The zero-order valence-corrected chi connectivity index (χ0v) is 24.6. The Hall–Kier alpha value is -4.91. The van der Waals surface area contributed by atoms with E-state index in [1.165, 1.54) is 18.2 Å². The molecule has 2 bridgehead atoms. The number of aromatic nitrogens is 5. The Labute approximate surface area is 260 Å². The van der Waals surface area contributed by atoms with Crippen molar-refractivity contribution in [2.24, 2.45) is 10.9 Å². The van der Waals surface area contributed by atoms with Crippen LogP contribution in [-0.4, -0.2) is 54.9 Å². The highest BCUT2D eigenvalue weighted by molar-refractivity contribution is 6.30. The highest BCUT2D eigenvalue weighted by Crippen LogP contribution is 2.37. The number of halogens is 4. The highest BCUT2D eigenvalue weighted by atomic mass is 35.5. The predicted molar refractivity (Wildman–Crippen MR) is 161 cm³/mol. The number of fused-ring (bicyclic) bond motifs is 4. The van der Waals surface area contributed by atoms with E-state index >= 15 is 0 Å². The van der Waals surface area contributed by atoms with Gasteiger partial charge in [-0.3, -0.25) is 19.6 Å². The van der Waals surface area contributed by atoms with Crippen LogP contribution < -0.4 is 5.32 Å². The van der Waals surface area contributed by atoms with Gasteiger partial charge in [-0.1, -0.05) is 30.2 Å². The van der Waals surface area contributed by atoms with Crippen LogP contribution in [0.15, 0.2) is 71.9 Å². The largest absolute Gasteiger partial charge is 0.436 e. The highest BCUT2D eigenvalue weighted by Gasteiger charge is 2.35. The molecule has 0 fully saturated rings. The summed E-state index contributed by atoms with van der Waals surface area (Å²) in [6.45, 7) is 2.04. The molecule has 1 amide bonds. The Morgan fingerprint density at radius 3 is 2.69 bits per heavy atom. The minimum Gasteiger partial charge on any atom is -0.351 e. The fourth-order valence-electron chi connectivity index (χ4n) is 5.52. The maximum Gasteiger partial charge on any atom is 0.436 e. The first-order valence-electron chi connectivity index (χ1n) is 14.1. The van der Waals surface area contributed by atoms with Gasteiger partial charge in [-0.25, -0.2) is 9.67 Å². The third-order valence-electron chi connectivity index (χ3n) is 7.88. The SMILES string of the molecule is CC1CCCC(N2C=NC(c3cc(Cl)ccc3-n3cc(C(F)(F)F)nn3)=C(C=O)C2)c2cncc(c2)-c2ccncc2NC1=O. The standard InChI is InChI=1S/C31H26ClF3N8O2/c1-18-3-2-4-26(20-9-19(11-37-12-20)23-7-8-36-13-25(23)39-30(18)45)42-14-21(16-44)29(38-17-42)24-10-22(32)5-6-27(24)43-15-28(40-41-43)31(33,34)35/h5-13,15-18,26H,2-4,14H2,1H3,(H,39,45). The second kappa shape index (κ2) is 12.2. The Balaban J connectivity index is 1.37. The molecule has 230 valence electrons. The second-order valence-corrected chi connectivity index (χ2v) is 11.3. The Bertz CT molecular complexity index is 1840. The quantitative estimate of drug-likeness (QED) is 0.268. The molecule has 0 aliphatic carbocycles. The molecular formula is C31H26ClF3N8O2. The topological polar surface area (TPSA) is 118 Å². The van der Waals surface area contributed by atoms with E-state index in [-0.39, 0.29) is 35.8 Å². The summed E-state index contributed by atoms with van der Waals surface area (Å²) >= 11 is 6.29. The first-order valence-corrected chi connectivity index (χ1v) is 14.5. The number of aldehydes is 1. The summed E-state index contributed by atoms with van der Waals surface area (Å²) in [5.41, 5.74) is 3.00. The van der Waals surface area contributed by atoms with Crippen LogP contribution in [0.5, 0.6) is 0 Å². The molecule has 0 radical (unpaired) electrons. The molecule has 14 heteroatoms. The monoisotopic (exact) mass is 634 g/mol. The molecular weight excluding hydrogens is 609 g/mol. The molecule has 0 saturated heterocycles. The van der Waals surface area contributed by atoms with Crippen LogP contribution in [0, 0.1) is 5.92 Å². The number of amides is 1. The number of alkyl halides is 3. The summed E-state index contributed by atoms with van der Waals surface area (Å²) in [7, 11) is 0. The number of hydrogen-bond donors (Lipinski definition) is 1. The van der Waals surface area contributed by atoms with Crippen LogP contribution in [-0.2, 0) is 15.8 Å². The number of nitrogens with one attached hydrogen (secondary N) is 1. The molecule has 2 aliphatic heterocycles. The van der Waals surface area contributed by atoms with Crippen LogP contribution in [0.4, 0.5) is 18.9 Å². The van der Waals surface area contributed by atoms with Crippen molar-refractivity contribution in [1.29, 1.82) is 0 Å². The first-order chi connectivity index (χ1) is 21.6. The molecule has 2 unspecified atom stereocenters. The number of benzene rings is 1. The van der Waals surface area contributed by atoms with Crippen LogP contribution in [0.25, 0.3) is 22.5 Å². The first kappa shape index (κ1) is 30.1. The fraction of sp³-hybridized carbons (Fsp3) is 0.258. The molecule has 10 nitrogen and oxygen atoms in total. The van der Waals surface area contributed by atoms with Crippen molar-refractivity contribution in [2.45, 2.75) is 38.4 Å². The number of pyridine rings is 2. The average molecular weight is 635 g/mol. The minimum absolute atomic E-state index is 0.104. The average Bonchev–Trinajstić information content (AvgIpc) is 3.54. The lowest BCUT2D eigenvalue weighted by Gasteiger charge is -2.34. The molecule has 4 aromatic rings. The number of nitrogens with zero attached hydrogens (tertiary/aromatic N) is 7. The molecule has 6 rings (SSSR count). The van der Waals surface area contributed by atoms with Crippen molar-refractivity contribution in [3.8, 4) is 16.8 Å². The Morgan fingerprint density at radius 2 is 1.91 bits per heavy atom. The molecule has 0 spiro atoms. The van der Waals surface area contributed by atoms with Crippen molar-refractivity contribution in [3.05, 3.63) is 88.7 Å². The lowest BCUT2D eigenvalue weighted by Crippen LogP contribution is -2.33. The molecule has 1 N–H and O–H groups in total. The third-order valence-corrected chi connectivity index (χ3v) is 8.11. The smallest absolute Gasteiger partial charge is 0.351 e. The van der Waals surface area contributed by atoms with E-state index in [0.29, 0.717) is 47.4 Å². The summed E-state index contributed by atoms with van der Waals surface area (Å²) in [6, 6.07) is 8.10. The normalized spacial score (nSPS) is 19.0. The Kier molecular flexibility index (Phi) is 8.19. The summed E-state index contributed by atoms with van der Waals surface area (Å²) in [4.78, 5) is 40.7. The van der Waals surface area contributed by atoms with Gasteiger partial charge in [-0.05, 0) is 48.7 Å². The zero-order valence-electron chi connectivity index (χ0n) is 23.9. The van der Waals surface area contributed by atoms with Crippen LogP contribution >= 0.6 is 11.6 Å². The third kappa shape index (κ3) is 6.21. The van der Waals surface area contributed by atoms with Gasteiger partial charge < -0.3 is 10.2 Å². The van der Waals surface area contributed by atoms with E-state index in [2.05, 4.69) is 30.6 Å². The van der Waals surface area contributed by atoms with E-state index < -0.39 is 11.9 Å². The van der Waals surface area contributed by atoms with Gasteiger partial charge >= 0.3 is 6.18 Å². The van der Waals surface area contributed by atoms with Crippen molar-refractivity contribution in [3.63, 3.8) is 0 Å². The fourth-order valence-corrected chi connectivity index (χ4v) is 5.70. The molecule has 0 saturated carbocycles. The van der Waals surface area contributed by atoms with Crippen molar-refractivity contribution in [2.75, 3.05) is 11.9 Å². The molecule has 1 aromatic carbocycles. The number of rotatable bonds is 4. The lowest BCUT2D eigenvalue weighted by molar-refractivity contribution is -0.141. The maximum absolute atomic E-state index is 13.3. The van der Waals surface area contributed by atoms with Gasteiger partial charge in [0.15, 0.2) is 5.69 Å². The lowest BCUT2D eigenvalue weighted by atomic mass is 9.93. The van der Waals surface area contributed by atoms with Gasteiger partial charge in [0.05, 0.1) is 41.8 Å². The van der Waals surface area contributed by atoms with Crippen molar-refractivity contribution < 1.29 is 22.8 Å². The number of hydrogen-bond acceptors (Lipinski definition) is 8. The number of carbonyl (C=O) groups is 2. The van der Waals surface area contributed by atoms with E-state index in [1.807, 2.05) is 24.0 Å². The molecule has 2 atom stereocenters. The van der Waals surface area contributed by atoms with Crippen LogP contribution in [0.3, 0.4) is 0 Å². The van der Waals surface area contributed by atoms with Gasteiger partial charge in [-0.2, -0.15) is 13.2 Å². The predicted octanol–water partition coefficient (Wildman–Crippen LogP) is 6.15.